The average Bonchev–Trinajstić information content (AvgIpc) is 1.90. The second-order valence-corrected chi connectivity index (χ2v) is 1.53. The van der Waals surface area contributed by atoms with Crippen LogP contribution in [0.25, 0.3) is 0 Å². The van der Waals surface area contributed by atoms with E-state index in [0.29, 0.717) is 6.54 Å². The first-order valence-electron chi connectivity index (χ1n) is 2.53. The van der Waals surface area contributed by atoms with Crippen molar-refractivity contribution in [1.82, 2.24) is 4.98 Å². The molecule has 1 aromatic rings. The summed E-state index contributed by atoms with van der Waals surface area (Å²) in [5, 5.41) is 0. The Labute approximate surface area is 84.5 Å². The summed E-state index contributed by atoms with van der Waals surface area (Å²) in [6, 6.07) is 5.70. The first-order chi connectivity index (χ1) is 3.93. The van der Waals surface area contributed by atoms with Crippen LogP contribution in [0.3, 0.4) is 0 Å². The Hall–Kier alpha value is 0.370. The van der Waals surface area contributed by atoms with Crippen LogP contribution in [0.2, 0.25) is 0 Å². The summed E-state index contributed by atoms with van der Waals surface area (Å²) >= 11 is 0. The van der Waals surface area contributed by atoms with E-state index in [2.05, 4.69) is 4.98 Å². The van der Waals surface area contributed by atoms with E-state index < -0.39 is 0 Å². The van der Waals surface area contributed by atoms with Gasteiger partial charge in [0.15, 0.2) is 0 Å². The predicted molar refractivity (Wildman–Crippen MR) is 40.7 cm³/mol. The number of nitrogens with two attached hydrogens (primary N) is 1. The molecule has 0 unspecified atom stereocenters. The molecule has 3 heteroatoms. The Morgan fingerprint density at radius 3 is 2.56 bits per heavy atom. The molecular formula is C6H10CaN2. The van der Waals surface area contributed by atoms with Crippen molar-refractivity contribution in [1.29, 1.82) is 0 Å². The van der Waals surface area contributed by atoms with Crippen molar-refractivity contribution >= 4 is 37.7 Å². The zero-order chi connectivity index (χ0) is 5.82. The van der Waals surface area contributed by atoms with Gasteiger partial charge < -0.3 is 5.73 Å². The van der Waals surface area contributed by atoms with Crippen LogP contribution in [-0.2, 0) is 6.54 Å². The van der Waals surface area contributed by atoms with E-state index in [9.17, 15) is 0 Å². The van der Waals surface area contributed by atoms with Crippen molar-refractivity contribution in [2.24, 2.45) is 5.73 Å². The number of aromatic nitrogens is 1. The minimum absolute atomic E-state index is 0. The molecule has 0 radical (unpaired) electrons. The first-order valence-corrected chi connectivity index (χ1v) is 2.53. The maximum absolute atomic E-state index is 5.29. The monoisotopic (exact) mass is 150 g/mol. The zero-order valence-corrected chi connectivity index (χ0v) is 4.54. The summed E-state index contributed by atoms with van der Waals surface area (Å²) in [6.07, 6.45) is 1.74. The third kappa shape index (κ3) is 3.16. The molecule has 0 bridgehead atoms. The molecule has 1 heterocycles. The Balaban J connectivity index is 0.000000640. The van der Waals surface area contributed by atoms with Crippen molar-refractivity contribution in [3.63, 3.8) is 0 Å². The summed E-state index contributed by atoms with van der Waals surface area (Å²) in [6.45, 7) is 0.529. The molecule has 1 rings (SSSR count). The van der Waals surface area contributed by atoms with Crippen LogP contribution in [0.15, 0.2) is 24.4 Å². The van der Waals surface area contributed by atoms with E-state index in [4.69, 9.17) is 5.73 Å². The van der Waals surface area contributed by atoms with E-state index in [-0.39, 0.29) is 37.7 Å². The second kappa shape index (κ2) is 5.18. The quantitative estimate of drug-likeness (QED) is 0.554. The van der Waals surface area contributed by atoms with Crippen LogP contribution in [0, 0.1) is 0 Å². The van der Waals surface area contributed by atoms with Crippen LogP contribution in [0.5, 0.6) is 0 Å². The Morgan fingerprint density at radius 1 is 1.44 bits per heavy atom. The fourth-order valence-electron chi connectivity index (χ4n) is 0.519. The van der Waals surface area contributed by atoms with Crippen molar-refractivity contribution < 1.29 is 0 Å². The molecule has 0 aromatic carbocycles. The van der Waals surface area contributed by atoms with Gasteiger partial charge in [-0.05, 0) is 12.1 Å². The van der Waals surface area contributed by atoms with Gasteiger partial charge in [-0.15, -0.1) is 0 Å². The van der Waals surface area contributed by atoms with Gasteiger partial charge in [-0.3, -0.25) is 4.98 Å². The molecule has 0 aliphatic carbocycles. The average molecular weight is 150 g/mol. The van der Waals surface area contributed by atoms with Gasteiger partial charge >= 0.3 is 37.7 Å². The standard InChI is InChI=1S/C6H8N2.Ca.2H/c7-5-6-3-1-2-4-8-6;;;/h1-4H,5,7H2;;;. The Bertz CT molecular complexity index is 152. The minimum atomic E-state index is 0. The van der Waals surface area contributed by atoms with E-state index in [0.717, 1.165) is 5.69 Å². The van der Waals surface area contributed by atoms with Crippen LogP contribution >= 0.6 is 0 Å². The molecule has 0 saturated carbocycles. The molecule has 0 aliphatic heterocycles. The van der Waals surface area contributed by atoms with Crippen LogP contribution in [0.4, 0.5) is 0 Å². The first kappa shape index (κ1) is 9.37. The Kier molecular flexibility index (Phi) is 5.39. The molecule has 0 amide bonds. The number of pyridine rings is 1. The number of hydrogen-bond donors (Lipinski definition) is 1. The van der Waals surface area contributed by atoms with Crippen LogP contribution < -0.4 is 5.73 Å². The van der Waals surface area contributed by atoms with Crippen molar-refractivity contribution in [3.05, 3.63) is 30.1 Å². The van der Waals surface area contributed by atoms with Gasteiger partial charge in [-0.1, -0.05) is 6.07 Å². The SMILES string of the molecule is NCc1ccccn1.[CaH2]. The Morgan fingerprint density at radius 2 is 2.22 bits per heavy atom. The number of rotatable bonds is 1. The van der Waals surface area contributed by atoms with Crippen molar-refractivity contribution in [2.45, 2.75) is 6.54 Å². The van der Waals surface area contributed by atoms with E-state index in [1.165, 1.54) is 0 Å². The molecular weight excluding hydrogens is 140 g/mol. The molecule has 2 nitrogen and oxygen atoms in total. The molecule has 2 N–H and O–H groups in total. The van der Waals surface area contributed by atoms with Gasteiger partial charge in [-0.2, -0.15) is 0 Å². The molecule has 0 atom stereocenters. The molecule has 1 aromatic heterocycles. The van der Waals surface area contributed by atoms with Gasteiger partial charge in [-0.25, -0.2) is 0 Å². The second-order valence-electron chi connectivity index (χ2n) is 1.53. The van der Waals surface area contributed by atoms with Crippen LogP contribution in [-0.4, -0.2) is 42.7 Å². The van der Waals surface area contributed by atoms with Crippen molar-refractivity contribution in [2.75, 3.05) is 0 Å². The summed E-state index contributed by atoms with van der Waals surface area (Å²) in [5.41, 5.74) is 6.22. The molecule has 46 valence electrons. The summed E-state index contributed by atoms with van der Waals surface area (Å²) in [4.78, 5) is 3.97. The normalized spacial score (nSPS) is 8.11. The van der Waals surface area contributed by atoms with E-state index in [1.54, 1.807) is 6.20 Å². The maximum atomic E-state index is 5.29. The topological polar surface area (TPSA) is 38.9 Å². The fraction of sp³-hybridized carbons (Fsp3) is 0.167. The molecule has 0 spiro atoms. The van der Waals surface area contributed by atoms with Crippen molar-refractivity contribution in [3.8, 4) is 0 Å². The third-order valence-electron chi connectivity index (χ3n) is 0.935. The van der Waals surface area contributed by atoms with E-state index in [1.807, 2.05) is 18.2 Å². The van der Waals surface area contributed by atoms with Gasteiger partial charge in [0.2, 0.25) is 0 Å². The van der Waals surface area contributed by atoms with Gasteiger partial charge in [0, 0.05) is 12.7 Å². The molecule has 9 heavy (non-hydrogen) atoms. The number of nitrogens with zero attached hydrogens (tertiary/aromatic N) is 1. The molecule has 0 aliphatic rings. The zero-order valence-electron chi connectivity index (χ0n) is 4.54. The summed E-state index contributed by atoms with van der Waals surface area (Å²) in [7, 11) is 0. The summed E-state index contributed by atoms with van der Waals surface area (Å²) < 4.78 is 0. The summed E-state index contributed by atoms with van der Waals surface area (Å²) in [5.74, 6) is 0. The fourth-order valence-corrected chi connectivity index (χ4v) is 0.519. The predicted octanol–water partition coefficient (Wildman–Crippen LogP) is -0.376. The molecule has 0 fully saturated rings. The van der Waals surface area contributed by atoms with Gasteiger partial charge in [0.25, 0.3) is 0 Å². The third-order valence-corrected chi connectivity index (χ3v) is 0.935. The molecule has 0 saturated heterocycles. The van der Waals surface area contributed by atoms with Gasteiger partial charge in [0.1, 0.15) is 0 Å². The van der Waals surface area contributed by atoms with E-state index >= 15 is 0 Å². The van der Waals surface area contributed by atoms with Crippen LogP contribution in [0.1, 0.15) is 5.69 Å². The number of hydrogen-bond acceptors (Lipinski definition) is 2. The van der Waals surface area contributed by atoms with Gasteiger partial charge in [0.05, 0.1) is 5.69 Å².